The van der Waals surface area contributed by atoms with Crippen LogP contribution in [0.4, 0.5) is 0 Å². The van der Waals surface area contributed by atoms with Crippen molar-refractivity contribution < 1.29 is 4.79 Å². The molecule has 0 spiro atoms. The molecule has 150 valence electrons. The van der Waals surface area contributed by atoms with Crippen molar-refractivity contribution in [1.82, 2.24) is 19.9 Å². The van der Waals surface area contributed by atoms with Crippen LogP contribution in [-0.4, -0.2) is 20.4 Å². The Balaban J connectivity index is 1.37. The molecule has 0 bridgehead atoms. The Morgan fingerprint density at radius 3 is 2.57 bits per heavy atom. The van der Waals surface area contributed by atoms with Gasteiger partial charge in [-0.25, -0.2) is 9.97 Å². The Bertz CT molecular complexity index is 1210. The van der Waals surface area contributed by atoms with Crippen molar-refractivity contribution in [1.29, 1.82) is 0 Å². The molecule has 0 unspecified atom stereocenters. The third-order valence-electron chi connectivity index (χ3n) is 4.58. The van der Waals surface area contributed by atoms with E-state index in [-0.39, 0.29) is 18.0 Å². The van der Waals surface area contributed by atoms with Gasteiger partial charge < -0.3 is 5.32 Å². The molecule has 0 atom stereocenters. The fraction of sp³-hybridized carbons (Fsp3) is 0.130. The van der Waals surface area contributed by atoms with Crippen molar-refractivity contribution in [2.45, 2.75) is 20.0 Å². The van der Waals surface area contributed by atoms with Crippen LogP contribution >= 0.6 is 11.3 Å². The lowest BCUT2D eigenvalue weighted by Crippen LogP contribution is -2.32. The smallest absolute Gasteiger partial charge is 0.254 e. The number of carbonyl (C=O) groups excluding carboxylic acids is 1. The van der Waals surface area contributed by atoms with Gasteiger partial charge in [-0.2, -0.15) is 0 Å². The summed E-state index contributed by atoms with van der Waals surface area (Å²) in [4.78, 5) is 33.5. The average Bonchev–Trinajstić information content (AvgIpc) is 3.24. The molecule has 0 aliphatic heterocycles. The maximum Gasteiger partial charge on any atom is 0.254 e. The van der Waals surface area contributed by atoms with Gasteiger partial charge in [-0.05, 0) is 6.92 Å². The van der Waals surface area contributed by atoms with Crippen molar-refractivity contribution in [3.8, 4) is 21.8 Å². The molecule has 0 aliphatic rings. The van der Waals surface area contributed by atoms with Gasteiger partial charge in [0.05, 0.1) is 24.3 Å². The summed E-state index contributed by atoms with van der Waals surface area (Å²) >= 11 is 1.53. The van der Waals surface area contributed by atoms with Gasteiger partial charge >= 0.3 is 0 Å². The number of nitrogens with one attached hydrogen (secondary N) is 1. The van der Waals surface area contributed by atoms with Crippen LogP contribution in [0.15, 0.2) is 77.2 Å². The quantitative estimate of drug-likeness (QED) is 0.520. The zero-order valence-electron chi connectivity index (χ0n) is 16.4. The van der Waals surface area contributed by atoms with E-state index in [2.05, 4.69) is 15.3 Å². The lowest BCUT2D eigenvalue weighted by atomic mass is 10.1. The van der Waals surface area contributed by atoms with Crippen LogP contribution in [0.1, 0.15) is 11.3 Å². The van der Waals surface area contributed by atoms with E-state index in [1.54, 1.807) is 0 Å². The number of rotatable bonds is 6. The maximum atomic E-state index is 12.4. The lowest BCUT2D eigenvalue weighted by molar-refractivity contribution is -0.121. The summed E-state index contributed by atoms with van der Waals surface area (Å²) in [6, 6.07) is 19.1. The van der Waals surface area contributed by atoms with E-state index in [0.29, 0.717) is 12.2 Å². The number of amides is 1. The molecule has 1 amide bonds. The predicted molar refractivity (Wildman–Crippen MR) is 118 cm³/mol. The van der Waals surface area contributed by atoms with Crippen molar-refractivity contribution in [3.63, 3.8) is 0 Å². The summed E-state index contributed by atoms with van der Waals surface area (Å²) in [6.07, 6.45) is 1.41. The molecule has 1 N–H and O–H groups in total. The Kier molecular flexibility index (Phi) is 5.81. The van der Waals surface area contributed by atoms with Crippen LogP contribution in [0.3, 0.4) is 0 Å². The van der Waals surface area contributed by atoms with E-state index in [9.17, 15) is 9.59 Å². The van der Waals surface area contributed by atoms with Crippen molar-refractivity contribution in [2.75, 3.05) is 0 Å². The Hall–Kier alpha value is -3.58. The number of aromatic nitrogens is 3. The normalized spacial score (nSPS) is 10.7. The molecule has 0 radical (unpaired) electrons. The summed E-state index contributed by atoms with van der Waals surface area (Å²) in [6.45, 7) is 2.23. The molecular weight excluding hydrogens is 396 g/mol. The summed E-state index contributed by atoms with van der Waals surface area (Å²) in [5.74, 6) is -0.267. The minimum Gasteiger partial charge on any atom is -0.349 e. The minimum absolute atomic E-state index is 0.0876. The van der Waals surface area contributed by atoms with E-state index < -0.39 is 0 Å². The molecule has 2 aromatic heterocycles. The van der Waals surface area contributed by atoms with E-state index in [1.807, 2.05) is 66.9 Å². The molecule has 7 heteroatoms. The van der Waals surface area contributed by atoms with Crippen LogP contribution in [0, 0.1) is 6.92 Å². The largest absolute Gasteiger partial charge is 0.349 e. The van der Waals surface area contributed by atoms with Crippen molar-refractivity contribution in [2.24, 2.45) is 0 Å². The number of aryl methyl sites for hydroxylation is 1. The second-order valence-electron chi connectivity index (χ2n) is 6.89. The zero-order valence-corrected chi connectivity index (χ0v) is 17.2. The Morgan fingerprint density at radius 1 is 1.07 bits per heavy atom. The van der Waals surface area contributed by atoms with E-state index in [0.717, 1.165) is 27.4 Å². The molecular formula is C23H20N4O2S. The predicted octanol–water partition coefficient (Wildman–Crippen LogP) is 3.66. The maximum absolute atomic E-state index is 12.4. The summed E-state index contributed by atoms with van der Waals surface area (Å²) in [7, 11) is 0. The van der Waals surface area contributed by atoms with Crippen LogP contribution in [0.25, 0.3) is 21.8 Å². The molecule has 2 heterocycles. The fourth-order valence-electron chi connectivity index (χ4n) is 2.93. The first-order valence-corrected chi connectivity index (χ1v) is 10.4. The second kappa shape index (κ2) is 8.84. The Labute approximate surface area is 177 Å². The topological polar surface area (TPSA) is 76.9 Å². The van der Waals surface area contributed by atoms with Gasteiger partial charge in [0, 0.05) is 22.6 Å². The Morgan fingerprint density at radius 2 is 1.83 bits per heavy atom. The lowest BCUT2D eigenvalue weighted by Gasteiger charge is -2.07. The number of nitrogens with zero attached hydrogens (tertiary/aromatic N) is 3. The van der Waals surface area contributed by atoms with Gasteiger partial charge in [0.25, 0.3) is 5.56 Å². The zero-order chi connectivity index (χ0) is 20.9. The molecule has 4 aromatic rings. The number of thiazole rings is 1. The minimum atomic E-state index is -0.268. The van der Waals surface area contributed by atoms with E-state index in [4.69, 9.17) is 0 Å². The first-order valence-electron chi connectivity index (χ1n) is 9.48. The molecule has 0 aliphatic carbocycles. The molecule has 0 saturated heterocycles. The van der Waals surface area contributed by atoms with Gasteiger partial charge in [0.2, 0.25) is 5.91 Å². The van der Waals surface area contributed by atoms with Gasteiger partial charge in [-0.1, -0.05) is 60.2 Å². The molecule has 4 rings (SSSR count). The first kappa shape index (κ1) is 19.7. The average molecular weight is 417 g/mol. The summed E-state index contributed by atoms with van der Waals surface area (Å²) in [5, 5.41) is 5.64. The summed E-state index contributed by atoms with van der Waals surface area (Å²) < 4.78 is 1.30. The summed E-state index contributed by atoms with van der Waals surface area (Å²) in [5.41, 5.74) is 4.16. The second-order valence-corrected chi connectivity index (χ2v) is 7.75. The standard InChI is InChI=1S/C23H20N4O2S/c1-16-7-9-17(10-8-16)20-11-22(29)27(15-25-20)13-21(28)24-12-19-14-30-23(26-19)18-5-3-2-4-6-18/h2-11,14-15H,12-13H2,1H3,(H,24,28). The number of hydrogen-bond acceptors (Lipinski definition) is 5. The van der Waals surface area contributed by atoms with Crippen LogP contribution in [0.5, 0.6) is 0 Å². The highest BCUT2D eigenvalue weighted by Gasteiger charge is 2.09. The highest BCUT2D eigenvalue weighted by atomic mass is 32.1. The SMILES string of the molecule is Cc1ccc(-c2cc(=O)n(CC(=O)NCc3csc(-c4ccccc4)n3)cn2)cc1. The highest BCUT2D eigenvalue weighted by molar-refractivity contribution is 7.13. The van der Waals surface area contributed by atoms with E-state index in [1.165, 1.54) is 28.3 Å². The molecule has 6 nitrogen and oxygen atoms in total. The van der Waals surface area contributed by atoms with E-state index >= 15 is 0 Å². The van der Waals surface area contributed by atoms with Crippen LogP contribution in [0.2, 0.25) is 0 Å². The molecule has 2 aromatic carbocycles. The van der Waals surface area contributed by atoms with Crippen molar-refractivity contribution >= 4 is 17.2 Å². The monoisotopic (exact) mass is 416 g/mol. The third kappa shape index (κ3) is 4.69. The highest BCUT2D eigenvalue weighted by Crippen LogP contribution is 2.23. The van der Waals surface area contributed by atoms with Gasteiger partial charge in [-0.15, -0.1) is 11.3 Å². The molecule has 0 saturated carbocycles. The molecule has 30 heavy (non-hydrogen) atoms. The van der Waals surface area contributed by atoms with Gasteiger partial charge in [0.1, 0.15) is 11.6 Å². The van der Waals surface area contributed by atoms with Gasteiger partial charge in [0.15, 0.2) is 0 Å². The first-order chi connectivity index (χ1) is 14.6. The number of hydrogen-bond donors (Lipinski definition) is 1. The number of carbonyl (C=O) groups is 1. The van der Waals surface area contributed by atoms with Gasteiger partial charge in [-0.3, -0.25) is 14.2 Å². The van der Waals surface area contributed by atoms with Crippen molar-refractivity contribution in [3.05, 3.63) is 94.0 Å². The van der Waals surface area contributed by atoms with Crippen LogP contribution < -0.4 is 10.9 Å². The fourth-order valence-corrected chi connectivity index (χ4v) is 3.75. The van der Waals surface area contributed by atoms with Crippen LogP contribution in [-0.2, 0) is 17.9 Å². The number of benzene rings is 2. The third-order valence-corrected chi connectivity index (χ3v) is 5.52. The molecule has 0 fully saturated rings.